The Balaban J connectivity index is -0.00000000717. The highest BCUT2D eigenvalue weighted by atomic mass is 13.2. The third kappa shape index (κ3) is 5680. The van der Waals surface area contributed by atoms with Gasteiger partial charge in [0, 0.05) is 0 Å². The molecule has 0 N–H and O–H groups in total. The van der Waals surface area contributed by atoms with E-state index >= 15 is 0 Å². The summed E-state index contributed by atoms with van der Waals surface area (Å²) in [5, 5.41) is 0. The zero-order valence-corrected chi connectivity index (χ0v) is 23.7. The van der Waals surface area contributed by atoms with E-state index in [0.29, 0.717) is 0 Å². The fourth-order valence-electron chi connectivity index (χ4n) is 0. The molecule has 0 atom stereocenters. The van der Waals surface area contributed by atoms with Crippen molar-refractivity contribution in [3.05, 3.63) is 52.1 Å². The van der Waals surface area contributed by atoms with Crippen molar-refractivity contribution in [1.82, 2.24) is 0 Å². The molecule has 0 aromatic heterocycles. The van der Waals surface area contributed by atoms with E-state index in [9.17, 15) is 0 Å². The Morgan fingerprint density at radius 3 is 0.370 bits per heavy atom. The molecule has 0 aliphatic carbocycles. The Kier molecular flexibility index (Phi) is 213000. The second kappa shape index (κ2) is 58900. The summed E-state index contributed by atoms with van der Waals surface area (Å²) < 4.78 is 0. The largest absolute Gasteiger partial charge is 0.124 e. The minimum atomic E-state index is 1.75. The highest BCUT2D eigenvalue weighted by Crippen LogP contribution is 1.38. The van der Waals surface area contributed by atoms with E-state index < -0.39 is 0 Å². The third-order valence-corrected chi connectivity index (χ3v) is 0. The van der Waals surface area contributed by atoms with E-state index in [1.807, 2.05) is 118 Å². The number of allylic oxidation sites excluding steroid dienone is 1. The zero-order chi connectivity index (χ0) is 26.7. The quantitative estimate of drug-likeness (QED) is 0.284. The molecule has 0 saturated carbocycles. The predicted molar refractivity (Wildman–Crippen MR) is 150 cm³/mol. The van der Waals surface area contributed by atoms with Crippen molar-refractivity contribution >= 4 is 0 Å². The van der Waals surface area contributed by atoms with Crippen LogP contribution in [0.3, 0.4) is 0 Å². The topological polar surface area (TPSA) is 0 Å². The molecule has 0 aliphatic rings. The Hall–Kier alpha value is -1.48. The van der Waals surface area contributed by atoms with Crippen LogP contribution in [-0.2, 0) is 0 Å². The van der Waals surface area contributed by atoms with Gasteiger partial charge in [0.1, 0.15) is 0 Å². The van der Waals surface area contributed by atoms with Gasteiger partial charge in [0.2, 0.25) is 0 Å². The first-order valence-electron chi connectivity index (χ1n) is 10.8. The van der Waals surface area contributed by atoms with Gasteiger partial charge in [-0.25, -0.2) is 0 Å². The second-order valence-corrected chi connectivity index (χ2v) is 0.408. The summed E-state index contributed by atoms with van der Waals surface area (Å²) in [5.41, 5.74) is 0. The lowest BCUT2D eigenvalue weighted by Crippen LogP contribution is -1.07. The average Bonchev–Trinajstić information content (AvgIpc) is 2.89. The van der Waals surface area contributed by atoms with Gasteiger partial charge in [-0.2, -0.15) is 0 Å². The van der Waals surface area contributed by atoms with Crippen molar-refractivity contribution < 1.29 is 0 Å². The van der Waals surface area contributed by atoms with Crippen LogP contribution in [-0.4, -0.2) is 0 Å². The Labute approximate surface area is 183 Å². The van der Waals surface area contributed by atoms with E-state index in [-0.39, 0.29) is 0 Å². The molecule has 0 nitrogen and oxygen atoms in total. The van der Waals surface area contributed by atoms with Gasteiger partial charge in [-0.3, -0.25) is 0 Å². The van der Waals surface area contributed by atoms with Gasteiger partial charge < -0.3 is 0 Å². The van der Waals surface area contributed by atoms with E-state index in [1.165, 1.54) is 0 Å². The minimum Gasteiger partial charge on any atom is -0.124 e. The summed E-state index contributed by atoms with van der Waals surface area (Å²) in [6.07, 6.45) is 9.75. The summed E-state index contributed by atoms with van der Waals surface area (Å²) in [5.74, 6) is 0. The van der Waals surface area contributed by atoms with Gasteiger partial charge in [0.25, 0.3) is 0 Å². The highest BCUT2D eigenvalue weighted by Gasteiger charge is 1.15. The third-order valence-electron chi connectivity index (χ3n) is 0. The van der Waals surface area contributed by atoms with Crippen LogP contribution in [0.1, 0.15) is 118 Å². The molecule has 0 heteroatoms. The van der Waals surface area contributed by atoms with Crippen LogP contribution in [0.5, 0.6) is 0 Å². The molecule has 0 bridgehead atoms. The van der Waals surface area contributed by atoms with Crippen LogP contribution in [0.15, 0.2) is 52.1 Å². The lowest BCUT2D eigenvalue weighted by molar-refractivity contribution is 1.50. The van der Waals surface area contributed by atoms with E-state index in [1.54, 1.807) is 6.08 Å². The summed E-state index contributed by atoms with van der Waals surface area (Å²) in [6, 6.07) is 0. The molecule has 0 aromatic rings. The summed E-state index contributed by atoms with van der Waals surface area (Å²) in [4.78, 5) is 0. The van der Waals surface area contributed by atoms with Gasteiger partial charge in [0.15, 0.2) is 0 Å². The molecule has 0 aliphatic heterocycles. The Morgan fingerprint density at radius 2 is 0.370 bits per heavy atom. The summed E-state index contributed by atoms with van der Waals surface area (Å²) >= 11 is 0. The number of hydrogen-bond donors (Lipinski definition) is 0. The zero-order valence-electron chi connectivity index (χ0n) is 23.7. The molecule has 0 aromatic carbocycles. The number of rotatable bonds is 0. The van der Waals surface area contributed by atoms with Crippen molar-refractivity contribution in [3.8, 4) is 12.8 Å². The molecule has 0 heterocycles. The molecule has 0 spiro atoms. The molecule has 0 amide bonds. The normalized spacial score (nSPS) is 2.78. The standard InChI is InChI=1S/C3H6.8C2H6.3C2H4.C2H2/c1-3-2;12*1-2/h3H,1H2,2H3;8*1-2H3;3*1-2H2;1-2H. The lowest BCUT2D eigenvalue weighted by Gasteiger charge is -1.31. The van der Waals surface area contributed by atoms with E-state index in [2.05, 4.69) is 58.9 Å². The molecule has 176 valence electrons. The second-order valence-electron chi connectivity index (χ2n) is 0.408. The first kappa shape index (κ1) is 97.9. The molecule has 0 saturated heterocycles. The molecular formula is C27H68. The van der Waals surface area contributed by atoms with Crippen LogP contribution in [0.4, 0.5) is 0 Å². The smallest absolute Gasteiger partial charge is 0.0473 e. The average molecular weight is 393 g/mol. The van der Waals surface area contributed by atoms with Crippen molar-refractivity contribution in [2.24, 2.45) is 0 Å². The summed E-state index contributed by atoms with van der Waals surface area (Å²) in [7, 11) is 0. The number of hydrogen-bond acceptors (Lipinski definition) is 0. The predicted octanol–water partition coefficient (Wildman–Crippen LogP) is 12.1. The van der Waals surface area contributed by atoms with Gasteiger partial charge >= 0.3 is 0 Å². The molecule has 0 unspecified atom stereocenters. The molecule has 0 radical (unpaired) electrons. The first-order valence-corrected chi connectivity index (χ1v) is 10.8. The van der Waals surface area contributed by atoms with Gasteiger partial charge in [-0.1, -0.05) is 117 Å². The van der Waals surface area contributed by atoms with Crippen molar-refractivity contribution in [2.75, 3.05) is 0 Å². The molecular weight excluding hydrogens is 324 g/mol. The Morgan fingerprint density at radius 1 is 0.370 bits per heavy atom. The van der Waals surface area contributed by atoms with Crippen LogP contribution < -0.4 is 0 Å². The minimum absolute atomic E-state index is 1.75. The lowest BCUT2D eigenvalue weighted by atomic mass is 10.8. The molecule has 27 heavy (non-hydrogen) atoms. The van der Waals surface area contributed by atoms with Crippen LogP contribution in [0.25, 0.3) is 0 Å². The fourth-order valence-corrected chi connectivity index (χ4v) is 0. The maximum absolute atomic E-state index is 4.00. The van der Waals surface area contributed by atoms with E-state index in [0.717, 1.165) is 0 Å². The van der Waals surface area contributed by atoms with E-state index in [4.69, 9.17) is 0 Å². The van der Waals surface area contributed by atoms with Crippen LogP contribution >= 0.6 is 0 Å². The van der Waals surface area contributed by atoms with Gasteiger partial charge in [-0.15, -0.1) is 58.9 Å². The first-order chi connectivity index (χ1) is 13.4. The van der Waals surface area contributed by atoms with Gasteiger partial charge in [-0.05, 0) is 6.92 Å². The summed E-state index contributed by atoms with van der Waals surface area (Å²) in [6.45, 7) is 55.2. The monoisotopic (exact) mass is 393 g/mol. The maximum atomic E-state index is 4.00. The number of terminal acetylenes is 1. The SMILES string of the molecule is C#C.C=C.C=C.C=C.C=CC.CC.CC.CC.CC.CC.CC.CC.CC. The van der Waals surface area contributed by atoms with Crippen LogP contribution in [0.2, 0.25) is 0 Å². The molecule has 0 fully saturated rings. The van der Waals surface area contributed by atoms with Gasteiger partial charge in [0.05, 0.1) is 0 Å². The Bertz CT molecular complexity index is 45.5. The van der Waals surface area contributed by atoms with Crippen LogP contribution in [0, 0.1) is 12.8 Å². The maximum Gasteiger partial charge on any atom is -0.0473 e. The van der Waals surface area contributed by atoms with Crippen molar-refractivity contribution in [1.29, 1.82) is 0 Å². The fraction of sp³-hybridized carbons (Fsp3) is 0.630. The van der Waals surface area contributed by atoms with Crippen molar-refractivity contribution in [3.63, 3.8) is 0 Å². The molecule has 0 rings (SSSR count). The highest BCUT2D eigenvalue weighted by molar-refractivity contribution is 4.51. The van der Waals surface area contributed by atoms with Crippen molar-refractivity contribution in [2.45, 2.75) is 118 Å².